The summed E-state index contributed by atoms with van der Waals surface area (Å²) in [5.74, 6) is 0.391. The van der Waals surface area contributed by atoms with Crippen LogP contribution in [0, 0.1) is 5.82 Å². The molecule has 2 rings (SSSR count). The molecule has 0 aromatic heterocycles. The molecule has 0 amide bonds. The van der Waals surface area contributed by atoms with Crippen molar-refractivity contribution in [3.05, 3.63) is 23.5 Å². The lowest BCUT2D eigenvalue weighted by Gasteiger charge is -2.12. The van der Waals surface area contributed by atoms with Crippen LogP contribution in [0.1, 0.15) is 18.9 Å². The zero-order chi connectivity index (χ0) is 11.5. The van der Waals surface area contributed by atoms with Gasteiger partial charge in [0.2, 0.25) is 0 Å². The van der Waals surface area contributed by atoms with Gasteiger partial charge in [-0.15, -0.1) is 0 Å². The second kappa shape index (κ2) is 4.51. The number of fused-ring (bicyclic) bond motifs is 1. The van der Waals surface area contributed by atoms with E-state index in [-0.39, 0.29) is 12.2 Å². The van der Waals surface area contributed by atoms with E-state index in [1.54, 1.807) is 6.07 Å². The SMILES string of the molecule is CC(=O)Cc1c(F)ccc2c1OCCCO2. The van der Waals surface area contributed by atoms with Crippen molar-refractivity contribution in [3.63, 3.8) is 0 Å². The van der Waals surface area contributed by atoms with E-state index in [1.165, 1.54) is 13.0 Å². The van der Waals surface area contributed by atoms with Crippen LogP contribution in [0.15, 0.2) is 12.1 Å². The standard InChI is InChI=1S/C12H13FO3/c1-8(14)7-9-10(13)3-4-11-12(9)16-6-2-5-15-11/h3-4H,2,5-7H2,1H3. The Morgan fingerprint density at radius 1 is 1.38 bits per heavy atom. The van der Waals surface area contributed by atoms with E-state index in [0.29, 0.717) is 30.3 Å². The first-order valence-corrected chi connectivity index (χ1v) is 5.25. The number of rotatable bonds is 2. The third-order valence-corrected chi connectivity index (χ3v) is 2.39. The van der Waals surface area contributed by atoms with Gasteiger partial charge in [-0.2, -0.15) is 0 Å². The van der Waals surface area contributed by atoms with Gasteiger partial charge >= 0.3 is 0 Å². The predicted molar refractivity (Wildman–Crippen MR) is 56.4 cm³/mol. The molecule has 0 N–H and O–H groups in total. The average Bonchev–Trinajstić information content (AvgIpc) is 2.47. The fraction of sp³-hybridized carbons (Fsp3) is 0.417. The van der Waals surface area contributed by atoms with Crippen LogP contribution in [0.4, 0.5) is 4.39 Å². The average molecular weight is 224 g/mol. The largest absolute Gasteiger partial charge is 0.490 e. The number of ether oxygens (including phenoxy) is 2. The predicted octanol–water partition coefficient (Wildman–Crippen LogP) is 2.12. The minimum absolute atomic E-state index is 0.0400. The molecule has 0 aliphatic carbocycles. The molecule has 0 spiro atoms. The topological polar surface area (TPSA) is 35.5 Å². The van der Waals surface area contributed by atoms with Crippen molar-refractivity contribution in [2.24, 2.45) is 0 Å². The highest BCUT2D eigenvalue weighted by Crippen LogP contribution is 2.35. The summed E-state index contributed by atoms with van der Waals surface area (Å²) in [6, 6.07) is 2.85. The molecule has 0 unspecified atom stereocenters. The van der Waals surface area contributed by atoms with E-state index < -0.39 is 5.82 Å². The van der Waals surface area contributed by atoms with Gasteiger partial charge in [0.15, 0.2) is 11.5 Å². The van der Waals surface area contributed by atoms with Gasteiger partial charge in [0.25, 0.3) is 0 Å². The Morgan fingerprint density at radius 3 is 2.88 bits per heavy atom. The summed E-state index contributed by atoms with van der Waals surface area (Å²) in [6.07, 6.45) is 0.800. The van der Waals surface area contributed by atoms with E-state index >= 15 is 0 Å². The smallest absolute Gasteiger partial charge is 0.167 e. The fourth-order valence-electron chi connectivity index (χ4n) is 1.68. The highest BCUT2D eigenvalue weighted by molar-refractivity contribution is 5.79. The molecule has 0 saturated heterocycles. The maximum Gasteiger partial charge on any atom is 0.167 e. The molecule has 1 aliphatic rings. The van der Waals surface area contributed by atoms with Crippen molar-refractivity contribution in [2.45, 2.75) is 19.8 Å². The number of hydrogen-bond donors (Lipinski definition) is 0. The zero-order valence-corrected chi connectivity index (χ0v) is 9.09. The Morgan fingerprint density at radius 2 is 2.12 bits per heavy atom. The van der Waals surface area contributed by atoms with E-state index in [0.717, 1.165) is 6.42 Å². The van der Waals surface area contributed by atoms with Crippen molar-refractivity contribution in [1.29, 1.82) is 0 Å². The van der Waals surface area contributed by atoms with Gasteiger partial charge in [-0.1, -0.05) is 0 Å². The summed E-state index contributed by atoms with van der Waals surface area (Å²) in [5, 5.41) is 0. The Balaban J connectivity index is 2.44. The minimum Gasteiger partial charge on any atom is -0.490 e. The van der Waals surface area contributed by atoms with Gasteiger partial charge in [0, 0.05) is 18.4 Å². The van der Waals surface area contributed by atoms with Crippen LogP contribution in [0.5, 0.6) is 11.5 Å². The van der Waals surface area contributed by atoms with Crippen molar-refractivity contribution in [3.8, 4) is 11.5 Å². The Hall–Kier alpha value is -1.58. The van der Waals surface area contributed by atoms with E-state index in [2.05, 4.69) is 0 Å². The lowest BCUT2D eigenvalue weighted by molar-refractivity contribution is -0.116. The van der Waals surface area contributed by atoms with Gasteiger partial charge in [0.05, 0.1) is 13.2 Å². The molecule has 4 heteroatoms. The molecular formula is C12H13FO3. The van der Waals surface area contributed by atoms with Crippen LogP contribution in [0.25, 0.3) is 0 Å². The van der Waals surface area contributed by atoms with E-state index in [1.807, 2.05) is 0 Å². The van der Waals surface area contributed by atoms with Crippen molar-refractivity contribution >= 4 is 5.78 Å². The number of carbonyl (C=O) groups excluding carboxylic acids is 1. The quantitative estimate of drug-likeness (QED) is 0.771. The fourth-order valence-corrected chi connectivity index (χ4v) is 1.68. The Kier molecular flexibility index (Phi) is 3.08. The summed E-state index contributed by atoms with van der Waals surface area (Å²) in [6.45, 7) is 2.47. The lowest BCUT2D eigenvalue weighted by atomic mass is 10.1. The molecule has 0 radical (unpaired) electrons. The third kappa shape index (κ3) is 2.15. The summed E-state index contributed by atoms with van der Waals surface area (Å²) >= 11 is 0. The molecular weight excluding hydrogens is 211 g/mol. The van der Waals surface area contributed by atoms with Crippen molar-refractivity contribution < 1.29 is 18.7 Å². The molecule has 0 bridgehead atoms. The lowest BCUT2D eigenvalue weighted by Crippen LogP contribution is -2.04. The molecule has 1 aliphatic heterocycles. The first-order chi connectivity index (χ1) is 7.68. The van der Waals surface area contributed by atoms with Gasteiger partial charge < -0.3 is 9.47 Å². The molecule has 3 nitrogen and oxygen atoms in total. The van der Waals surface area contributed by atoms with Gasteiger partial charge in [0.1, 0.15) is 11.6 Å². The molecule has 16 heavy (non-hydrogen) atoms. The molecule has 0 saturated carbocycles. The maximum absolute atomic E-state index is 13.6. The van der Waals surface area contributed by atoms with Gasteiger partial charge in [-0.3, -0.25) is 4.79 Å². The van der Waals surface area contributed by atoms with E-state index in [9.17, 15) is 9.18 Å². The van der Waals surface area contributed by atoms with Crippen LogP contribution >= 0.6 is 0 Å². The third-order valence-electron chi connectivity index (χ3n) is 2.39. The number of Topliss-reactive ketones (excluding diaryl/α,β-unsaturated/α-hetero) is 1. The summed E-state index contributed by atoms with van der Waals surface area (Å²) < 4.78 is 24.4. The Labute approximate surface area is 93.2 Å². The molecule has 1 heterocycles. The van der Waals surface area contributed by atoms with Crippen molar-refractivity contribution in [2.75, 3.05) is 13.2 Å². The summed E-state index contributed by atoms with van der Waals surface area (Å²) in [4.78, 5) is 11.1. The van der Waals surface area contributed by atoms with Gasteiger partial charge in [-0.25, -0.2) is 4.39 Å². The highest BCUT2D eigenvalue weighted by Gasteiger charge is 2.19. The summed E-state index contributed by atoms with van der Waals surface area (Å²) in [5.41, 5.74) is 0.298. The minimum atomic E-state index is -0.417. The van der Waals surface area contributed by atoms with Crippen LogP contribution in [-0.2, 0) is 11.2 Å². The molecule has 1 aromatic rings. The number of hydrogen-bond acceptors (Lipinski definition) is 3. The first-order valence-electron chi connectivity index (χ1n) is 5.25. The van der Waals surface area contributed by atoms with Crippen molar-refractivity contribution in [1.82, 2.24) is 0 Å². The van der Waals surface area contributed by atoms with Gasteiger partial charge in [-0.05, 0) is 19.1 Å². The first kappa shape index (κ1) is 10.9. The van der Waals surface area contributed by atoms with Crippen LogP contribution in [-0.4, -0.2) is 19.0 Å². The maximum atomic E-state index is 13.6. The summed E-state index contributed by atoms with van der Waals surface area (Å²) in [7, 11) is 0. The highest BCUT2D eigenvalue weighted by atomic mass is 19.1. The van der Waals surface area contributed by atoms with Crippen LogP contribution in [0.2, 0.25) is 0 Å². The Bertz CT molecular complexity index is 415. The number of ketones is 1. The second-order valence-electron chi connectivity index (χ2n) is 3.78. The van der Waals surface area contributed by atoms with Crippen LogP contribution in [0.3, 0.4) is 0 Å². The number of carbonyl (C=O) groups is 1. The normalized spacial score (nSPS) is 14.4. The zero-order valence-electron chi connectivity index (χ0n) is 9.09. The molecule has 0 fully saturated rings. The van der Waals surface area contributed by atoms with Crippen LogP contribution < -0.4 is 9.47 Å². The monoisotopic (exact) mass is 224 g/mol. The number of benzene rings is 1. The molecule has 86 valence electrons. The second-order valence-corrected chi connectivity index (χ2v) is 3.78. The van der Waals surface area contributed by atoms with E-state index in [4.69, 9.17) is 9.47 Å². The molecule has 1 aromatic carbocycles. The number of halogens is 1. The molecule has 0 atom stereocenters.